The third kappa shape index (κ3) is 4.60. The van der Waals surface area contributed by atoms with Crippen molar-refractivity contribution in [3.8, 4) is 0 Å². The number of carbonyl (C=O) groups excluding carboxylic acids is 1. The zero-order valence-electron chi connectivity index (χ0n) is 18.6. The van der Waals surface area contributed by atoms with Crippen molar-refractivity contribution in [1.29, 1.82) is 0 Å². The van der Waals surface area contributed by atoms with Crippen LogP contribution in [0.1, 0.15) is 40.6 Å². The molecule has 0 spiro atoms. The molecule has 1 aliphatic heterocycles. The first kappa shape index (κ1) is 22.3. The van der Waals surface area contributed by atoms with E-state index >= 15 is 0 Å². The van der Waals surface area contributed by atoms with E-state index in [0.717, 1.165) is 29.4 Å². The quantitative estimate of drug-likeness (QED) is 0.422. The van der Waals surface area contributed by atoms with E-state index in [0.29, 0.717) is 30.9 Å². The van der Waals surface area contributed by atoms with E-state index in [4.69, 9.17) is 4.98 Å². The SMILES string of the molecule is O=C(NC(Cc1ccccc1)c1nc2ccccc2[nH]1)c1ccc(S(=O)(=O)N2CCCC2)cc1. The van der Waals surface area contributed by atoms with Gasteiger partial charge in [0.05, 0.1) is 22.0 Å². The van der Waals surface area contributed by atoms with Gasteiger partial charge in [0, 0.05) is 18.7 Å². The zero-order chi connectivity index (χ0) is 23.5. The smallest absolute Gasteiger partial charge is 0.251 e. The molecule has 2 heterocycles. The van der Waals surface area contributed by atoms with Crippen molar-refractivity contribution in [2.75, 3.05) is 13.1 Å². The topological polar surface area (TPSA) is 95.2 Å². The van der Waals surface area contributed by atoms with Crippen molar-refractivity contribution < 1.29 is 13.2 Å². The van der Waals surface area contributed by atoms with Gasteiger partial charge < -0.3 is 10.3 Å². The van der Waals surface area contributed by atoms with Gasteiger partial charge in [-0.3, -0.25) is 4.79 Å². The summed E-state index contributed by atoms with van der Waals surface area (Å²) >= 11 is 0. The average molecular weight is 475 g/mol. The lowest BCUT2D eigenvalue weighted by atomic mass is 10.0. The molecule has 0 saturated carbocycles. The number of sulfonamides is 1. The lowest BCUT2D eigenvalue weighted by molar-refractivity contribution is 0.0934. The fourth-order valence-electron chi connectivity index (χ4n) is 4.30. The number of fused-ring (bicyclic) bond motifs is 1. The molecule has 8 heteroatoms. The molecule has 3 aromatic carbocycles. The number of hydrogen-bond donors (Lipinski definition) is 2. The molecule has 1 saturated heterocycles. The Labute approximate surface area is 198 Å². The summed E-state index contributed by atoms with van der Waals surface area (Å²) in [4.78, 5) is 21.4. The van der Waals surface area contributed by atoms with Gasteiger partial charge in [-0.05, 0) is 61.2 Å². The van der Waals surface area contributed by atoms with Crippen molar-refractivity contribution in [1.82, 2.24) is 19.6 Å². The van der Waals surface area contributed by atoms with Gasteiger partial charge in [-0.25, -0.2) is 13.4 Å². The molecule has 0 bridgehead atoms. The second kappa shape index (κ2) is 9.40. The van der Waals surface area contributed by atoms with Crippen LogP contribution in [0.25, 0.3) is 11.0 Å². The van der Waals surface area contributed by atoms with E-state index in [1.165, 1.54) is 16.4 Å². The number of aromatic nitrogens is 2. The van der Waals surface area contributed by atoms with Crippen LogP contribution in [0.5, 0.6) is 0 Å². The molecule has 174 valence electrons. The summed E-state index contributed by atoms with van der Waals surface area (Å²) in [5, 5.41) is 3.08. The zero-order valence-corrected chi connectivity index (χ0v) is 19.5. The maximum atomic E-state index is 13.1. The van der Waals surface area contributed by atoms with Crippen LogP contribution in [0.4, 0.5) is 0 Å². The van der Waals surface area contributed by atoms with Crippen molar-refractivity contribution in [2.24, 2.45) is 0 Å². The van der Waals surface area contributed by atoms with Crippen LogP contribution >= 0.6 is 0 Å². The van der Waals surface area contributed by atoms with Gasteiger partial charge in [0.1, 0.15) is 5.82 Å². The van der Waals surface area contributed by atoms with Crippen molar-refractivity contribution in [3.63, 3.8) is 0 Å². The fraction of sp³-hybridized carbons (Fsp3) is 0.231. The van der Waals surface area contributed by atoms with E-state index in [2.05, 4.69) is 10.3 Å². The average Bonchev–Trinajstić information content (AvgIpc) is 3.55. The highest BCUT2D eigenvalue weighted by Gasteiger charge is 2.27. The van der Waals surface area contributed by atoms with Crippen molar-refractivity contribution >= 4 is 27.0 Å². The summed E-state index contributed by atoms with van der Waals surface area (Å²) in [7, 11) is -3.52. The Kier molecular flexibility index (Phi) is 6.17. The lowest BCUT2D eigenvalue weighted by Gasteiger charge is -2.18. The minimum Gasteiger partial charge on any atom is -0.342 e. The van der Waals surface area contributed by atoms with Crippen molar-refractivity contribution in [2.45, 2.75) is 30.2 Å². The van der Waals surface area contributed by atoms with Gasteiger partial charge in [-0.2, -0.15) is 4.31 Å². The standard InChI is InChI=1S/C26H26N4O3S/c31-26(20-12-14-21(15-13-20)34(32,33)30-16-6-7-17-30)29-24(18-19-8-2-1-3-9-19)25-27-22-10-4-5-11-23(22)28-25/h1-5,8-15,24H,6-7,16-18H2,(H,27,28)(H,29,31). The first-order valence-corrected chi connectivity index (χ1v) is 12.8. The van der Waals surface area contributed by atoms with Crippen molar-refractivity contribution in [3.05, 3.63) is 95.8 Å². The minimum absolute atomic E-state index is 0.212. The molecule has 5 rings (SSSR count). The second-order valence-electron chi connectivity index (χ2n) is 8.49. The first-order valence-electron chi connectivity index (χ1n) is 11.4. The largest absolute Gasteiger partial charge is 0.342 e. The minimum atomic E-state index is -3.52. The number of carbonyl (C=O) groups is 1. The van der Waals surface area contributed by atoms with E-state index in [-0.39, 0.29) is 16.8 Å². The summed E-state index contributed by atoms with van der Waals surface area (Å²) in [5.41, 5.74) is 3.21. The number of rotatable bonds is 7. The Morgan fingerprint density at radius 2 is 1.62 bits per heavy atom. The Bertz CT molecular complexity index is 1360. The molecule has 1 aliphatic rings. The van der Waals surface area contributed by atoms with Crippen LogP contribution in [-0.4, -0.2) is 41.7 Å². The number of hydrogen-bond acceptors (Lipinski definition) is 4. The first-order chi connectivity index (χ1) is 16.5. The molecule has 34 heavy (non-hydrogen) atoms. The van der Waals surface area contributed by atoms with Gasteiger partial charge in [0.25, 0.3) is 5.91 Å². The summed E-state index contributed by atoms with van der Waals surface area (Å²) in [6.07, 6.45) is 2.32. The van der Waals surface area contributed by atoms with Gasteiger partial charge >= 0.3 is 0 Å². The molecule has 0 aliphatic carbocycles. The number of benzene rings is 3. The number of H-pyrrole nitrogens is 1. The number of imidazole rings is 1. The van der Waals surface area contributed by atoms with E-state index in [1.807, 2.05) is 54.6 Å². The van der Waals surface area contributed by atoms with E-state index < -0.39 is 10.0 Å². The Morgan fingerprint density at radius 1 is 0.941 bits per heavy atom. The van der Waals surface area contributed by atoms with Crippen LogP contribution < -0.4 is 5.32 Å². The molecule has 7 nitrogen and oxygen atoms in total. The molecular formula is C26H26N4O3S. The molecule has 4 aromatic rings. The van der Waals surface area contributed by atoms with E-state index in [9.17, 15) is 13.2 Å². The number of aromatic amines is 1. The van der Waals surface area contributed by atoms with Crippen LogP contribution in [0.15, 0.2) is 83.8 Å². The monoisotopic (exact) mass is 474 g/mol. The molecule has 1 aromatic heterocycles. The maximum Gasteiger partial charge on any atom is 0.251 e. The van der Waals surface area contributed by atoms with Crippen LogP contribution in [0.3, 0.4) is 0 Å². The number of amides is 1. The highest BCUT2D eigenvalue weighted by atomic mass is 32.2. The molecule has 1 atom stereocenters. The fourth-order valence-corrected chi connectivity index (χ4v) is 5.82. The Hall–Kier alpha value is -3.49. The van der Waals surface area contributed by atoms with Gasteiger partial charge in [0.15, 0.2) is 0 Å². The number of para-hydroxylation sites is 2. The summed E-state index contributed by atoms with van der Waals surface area (Å²) in [6.45, 7) is 1.09. The van der Waals surface area contributed by atoms with Crippen LogP contribution in [0.2, 0.25) is 0 Å². The highest BCUT2D eigenvalue weighted by Crippen LogP contribution is 2.23. The number of nitrogens with one attached hydrogen (secondary N) is 2. The predicted molar refractivity (Wildman–Crippen MR) is 131 cm³/mol. The molecule has 1 fully saturated rings. The third-order valence-electron chi connectivity index (χ3n) is 6.15. The summed E-state index contributed by atoms with van der Waals surface area (Å²) in [6, 6.07) is 23.4. The molecular weight excluding hydrogens is 448 g/mol. The maximum absolute atomic E-state index is 13.1. The highest BCUT2D eigenvalue weighted by molar-refractivity contribution is 7.89. The summed E-state index contributed by atoms with van der Waals surface area (Å²) < 4.78 is 27.1. The molecule has 0 radical (unpaired) electrons. The summed E-state index contributed by atoms with van der Waals surface area (Å²) in [5.74, 6) is 0.387. The lowest BCUT2D eigenvalue weighted by Crippen LogP contribution is -2.31. The third-order valence-corrected chi connectivity index (χ3v) is 8.06. The van der Waals surface area contributed by atoms with Gasteiger partial charge in [-0.15, -0.1) is 0 Å². The van der Waals surface area contributed by atoms with Gasteiger partial charge in [-0.1, -0.05) is 42.5 Å². The molecule has 2 N–H and O–H groups in total. The predicted octanol–water partition coefficient (Wildman–Crippen LogP) is 4.06. The van der Waals surface area contributed by atoms with Crippen LogP contribution in [-0.2, 0) is 16.4 Å². The number of nitrogens with zero attached hydrogens (tertiary/aromatic N) is 2. The van der Waals surface area contributed by atoms with E-state index in [1.54, 1.807) is 12.1 Å². The Morgan fingerprint density at radius 3 is 2.32 bits per heavy atom. The van der Waals surface area contributed by atoms with Crippen LogP contribution in [0, 0.1) is 0 Å². The van der Waals surface area contributed by atoms with Gasteiger partial charge in [0.2, 0.25) is 10.0 Å². The molecule has 1 unspecified atom stereocenters. The second-order valence-corrected chi connectivity index (χ2v) is 10.4. The normalized spacial score (nSPS) is 15.4. The Balaban J connectivity index is 1.38. The molecule has 1 amide bonds.